The van der Waals surface area contributed by atoms with Crippen LogP contribution in [0.2, 0.25) is 0 Å². The molecule has 0 saturated heterocycles. The average Bonchev–Trinajstić information content (AvgIpc) is 3.14. The van der Waals surface area contributed by atoms with Gasteiger partial charge in [0.15, 0.2) is 0 Å². The number of imide groups is 1. The van der Waals surface area contributed by atoms with Crippen LogP contribution >= 0.6 is 11.3 Å². The Kier molecular flexibility index (Phi) is 4.36. The molecule has 2 heterocycles. The van der Waals surface area contributed by atoms with Gasteiger partial charge in [0.05, 0.1) is 5.57 Å². The smallest absolute Gasteiger partial charge is 0.278 e. The Bertz CT molecular complexity index is 850. The molecule has 1 aromatic heterocycles. The second kappa shape index (κ2) is 6.45. The second-order valence-corrected chi connectivity index (χ2v) is 6.63. The number of benzene rings is 1. The summed E-state index contributed by atoms with van der Waals surface area (Å²) in [7, 11) is 0. The molecule has 0 atom stereocenters. The molecule has 122 valence electrons. The maximum Gasteiger partial charge on any atom is 0.278 e. The first-order valence-corrected chi connectivity index (χ1v) is 8.50. The maximum absolute atomic E-state index is 12.8. The lowest BCUT2D eigenvalue weighted by atomic mass is 10.1. The van der Waals surface area contributed by atoms with Gasteiger partial charge < -0.3 is 5.32 Å². The number of hydrogen-bond donors (Lipinski definition) is 1. The molecule has 1 aliphatic heterocycles. The summed E-state index contributed by atoms with van der Waals surface area (Å²) in [5.74, 6) is -0.598. The average molecular weight is 338 g/mol. The molecule has 4 nitrogen and oxygen atoms in total. The van der Waals surface area contributed by atoms with Crippen LogP contribution in [-0.2, 0) is 9.59 Å². The van der Waals surface area contributed by atoms with Crippen LogP contribution in [0.4, 0.5) is 5.69 Å². The Hall–Kier alpha value is -2.66. The van der Waals surface area contributed by atoms with Gasteiger partial charge >= 0.3 is 0 Å². The summed E-state index contributed by atoms with van der Waals surface area (Å²) in [6.45, 7) is 7.79. The van der Waals surface area contributed by atoms with Crippen LogP contribution in [0.1, 0.15) is 16.0 Å². The summed E-state index contributed by atoms with van der Waals surface area (Å²) in [5, 5.41) is 5.09. The predicted molar refractivity (Wildman–Crippen MR) is 97.7 cm³/mol. The lowest BCUT2D eigenvalue weighted by molar-refractivity contribution is -0.136. The number of aryl methyl sites for hydroxylation is 2. The summed E-state index contributed by atoms with van der Waals surface area (Å²) in [6.07, 6.45) is 1.56. The minimum atomic E-state index is -0.316. The summed E-state index contributed by atoms with van der Waals surface area (Å²) < 4.78 is 0. The molecule has 3 rings (SSSR count). The first-order valence-electron chi connectivity index (χ1n) is 7.62. The number of carbonyl (C=O) groups excluding carboxylic acids is 2. The summed E-state index contributed by atoms with van der Waals surface area (Å²) in [4.78, 5) is 27.5. The standard InChI is InChI=1S/C19H18N2O2S/c1-4-9-21-18(22)16(15-6-5-10-24-15)17(19(21)23)20-14-11-12(2)7-8-13(14)3/h4-8,10-11,20H,1,9H2,2-3H3. The van der Waals surface area contributed by atoms with Gasteiger partial charge in [0.1, 0.15) is 5.70 Å². The molecule has 5 heteroatoms. The number of nitrogens with zero attached hydrogens (tertiary/aromatic N) is 1. The molecule has 1 aromatic carbocycles. The quantitative estimate of drug-likeness (QED) is 0.667. The fourth-order valence-electron chi connectivity index (χ4n) is 2.64. The highest BCUT2D eigenvalue weighted by Crippen LogP contribution is 2.33. The van der Waals surface area contributed by atoms with E-state index in [2.05, 4.69) is 11.9 Å². The molecular weight excluding hydrogens is 320 g/mol. The van der Waals surface area contributed by atoms with Crippen molar-refractivity contribution in [2.45, 2.75) is 13.8 Å². The fourth-order valence-corrected chi connectivity index (χ4v) is 3.41. The number of nitrogens with one attached hydrogen (secondary N) is 1. The van der Waals surface area contributed by atoms with Crippen molar-refractivity contribution in [2.75, 3.05) is 11.9 Å². The molecule has 0 bridgehead atoms. The molecule has 0 spiro atoms. The Morgan fingerprint density at radius 3 is 2.67 bits per heavy atom. The van der Waals surface area contributed by atoms with Gasteiger partial charge in [-0.1, -0.05) is 24.3 Å². The number of rotatable bonds is 5. The molecule has 2 amide bonds. The van der Waals surface area contributed by atoms with Crippen molar-refractivity contribution >= 4 is 34.4 Å². The van der Waals surface area contributed by atoms with Crippen LogP contribution in [0.15, 0.2) is 54.1 Å². The van der Waals surface area contributed by atoms with Gasteiger partial charge in [-0.3, -0.25) is 14.5 Å². The molecular formula is C19H18N2O2S. The van der Waals surface area contributed by atoms with E-state index in [1.165, 1.54) is 16.2 Å². The summed E-state index contributed by atoms with van der Waals surface area (Å²) in [6, 6.07) is 9.71. The zero-order chi connectivity index (χ0) is 17.3. The predicted octanol–water partition coefficient (Wildman–Crippen LogP) is 3.74. The Labute approximate surface area is 145 Å². The Morgan fingerprint density at radius 2 is 2.00 bits per heavy atom. The van der Waals surface area contributed by atoms with Gasteiger partial charge in [0.2, 0.25) is 0 Å². The third-order valence-corrected chi connectivity index (χ3v) is 4.79. The summed E-state index contributed by atoms with van der Waals surface area (Å²) >= 11 is 1.44. The number of amides is 2. The minimum absolute atomic E-state index is 0.199. The van der Waals surface area contributed by atoms with E-state index in [1.807, 2.05) is 49.6 Å². The van der Waals surface area contributed by atoms with Gasteiger partial charge in [0, 0.05) is 17.1 Å². The SMILES string of the molecule is C=CCN1C(=O)C(Nc2cc(C)ccc2C)=C(c2cccs2)C1=O. The van der Waals surface area contributed by atoms with Crippen LogP contribution in [0.25, 0.3) is 5.57 Å². The number of anilines is 1. The molecule has 2 aromatic rings. The van der Waals surface area contributed by atoms with Gasteiger partial charge in [-0.15, -0.1) is 17.9 Å². The van der Waals surface area contributed by atoms with Gasteiger partial charge in [0.25, 0.3) is 11.8 Å². The van der Waals surface area contributed by atoms with Crippen LogP contribution < -0.4 is 5.32 Å². The zero-order valence-corrected chi connectivity index (χ0v) is 14.4. The third-order valence-electron chi connectivity index (χ3n) is 3.90. The van der Waals surface area contributed by atoms with E-state index in [1.54, 1.807) is 6.08 Å². The molecule has 0 radical (unpaired) electrons. The van der Waals surface area contributed by atoms with Crippen molar-refractivity contribution in [3.8, 4) is 0 Å². The first-order chi connectivity index (χ1) is 11.5. The largest absolute Gasteiger partial charge is 0.350 e. The first kappa shape index (κ1) is 16.2. The van der Waals surface area contributed by atoms with E-state index < -0.39 is 0 Å². The molecule has 0 unspecified atom stereocenters. The van der Waals surface area contributed by atoms with E-state index >= 15 is 0 Å². The second-order valence-electron chi connectivity index (χ2n) is 5.68. The van der Waals surface area contributed by atoms with E-state index in [4.69, 9.17) is 0 Å². The van der Waals surface area contributed by atoms with E-state index in [0.29, 0.717) is 11.3 Å². The maximum atomic E-state index is 12.8. The van der Waals surface area contributed by atoms with Crippen molar-refractivity contribution in [3.05, 3.63) is 70.1 Å². The topological polar surface area (TPSA) is 49.4 Å². The van der Waals surface area contributed by atoms with Crippen molar-refractivity contribution < 1.29 is 9.59 Å². The van der Waals surface area contributed by atoms with E-state index in [0.717, 1.165) is 21.7 Å². The molecule has 0 aliphatic carbocycles. The third kappa shape index (κ3) is 2.78. The molecule has 0 fully saturated rings. The van der Waals surface area contributed by atoms with Crippen LogP contribution in [0.3, 0.4) is 0 Å². The highest BCUT2D eigenvalue weighted by Gasteiger charge is 2.39. The van der Waals surface area contributed by atoms with Crippen molar-refractivity contribution in [1.82, 2.24) is 4.90 Å². The zero-order valence-electron chi connectivity index (χ0n) is 13.6. The van der Waals surface area contributed by atoms with Crippen molar-refractivity contribution in [2.24, 2.45) is 0 Å². The molecule has 1 aliphatic rings. The van der Waals surface area contributed by atoms with Crippen molar-refractivity contribution in [1.29, 1.82) is 0 Å². The highest BCUT2D eigenvalue weighted by molar-refractivity contribution is 7.11. The fraction of sp³-hybridized carbons (Fsp3) is 0.158. The van der Waals surface area contributed by atoms with Gasteiger partial charge in [-0.05, 0) is 42.5 Å². The Balaban J connectivity index is 2.09. The lowest BCUT2D eigenvalue weighted by Crippen LogP contribution is -2.32. The van der Waals surface area contributed by atoms with E-state index in [-0.39, 0.29) is 18.4 Å². The number of thiophene rings is 1. The highest BCUT2D eigenvalue weighted by atomic mass is 32.1. The monoisotopic (exact) mass is 338 g/mol. The number of hydrogen-bond acceptors (Lipinski definition) is 4. The molecule has 24 heavy (non-hydrogen) atoms. The summed E-state index contributed by atoms with van der Waals surface area (Å²) in [5.41, 5.74) is 3.69. The van der Waals surface area contributed by atoms with Gasteiger partial charge in [-0.25, -0.2) is 0 Å². The van der Waals surface area contributed by atoms with Gasteiger partial charge in [-0.2, -0.15) is 0 Å². The van der Waals surface area contributed by atoms with E-state index in [9.17, 15) is 9.59 Å². The number of carbonyl (C=O) groups is 2. The van der Waals surface area contributed by atoms with Crippen LogP contribution in [-0.4, -0.2) is 23.3 Å². The van der Waals surface area contributed by atoms with Crippen LogP contribution in [0, 0.1) is 13.8 Å². The molecule has 1 N–H and O–H groups in total. The Morgan fingerprint density at radius 1 is 1.21 bits per heavy atom. The van der Waals surface area contributed by atoms with Crippen molar-refractivity contribution in [3.63, 3.8) is 0 Å². The molecule has 0 saturated carbocycles. The van der Waals surface area contributed by atoms with Crippen LogP contribution in [0.5, 0.6) is 0 Å². The minimum Gasteiger partial charge on any atom is -0.350 e. The normalized spacial score (nSPS) is 14.5. The lowest BCUT2D eigenvalue weighted by Gasteiger charge is -2.13.